The number of pyridine rings is 1. The largest absolute Gasteiger partial charge is 0.381 e. The Morgan fingerprint density at radius 1 is 1.29 bits per heavy atom. The van der Waals surface area contributed by atoms with Crippen LogP contribution in [0.15, 0.2) is 42.7 Å². The molecule has 0 bridgehead atoms. The number of benzene rings is 1. The molecule has 0 atom stereocenters. The van der Waals surface area contributed by atoms with E-state index in [0.717, 1.165) is 35.1 Å². The number of carbonyl (C=O) groups is 1. The zero-order chi connectivity index (χ0) is 16.5. The second-order valence-electron chi connectivity index (χ2n) is 6.34. The Balaban J connectivity index is 1.53. The van der Waals surface area contributed by atoms with Gasteiger partial charge in [0, 0.05) is 41.6 Å². The molecule has 0 aliphatic heterocycles. The highest BCUT2D eigenvalue weighted by Gasteiger charge is 2.23. The van der Waals surface area contributed by atoms with E-state index in [4.69, 9.17) is 0 Å². The summed E-state index contributed by atoms with van der Waals surface area (Å²) in [4.78, 5) is 19.7. The van der Waals surface area contributed by atoms with Crippen LogP contribution in [-0.2, 0) is 6.54 Å². The standard InChI is InChI=1S/C19H20N4O/c1-12-2-3-13(19(24)23-15-4-5-15)10-17(12)22-11-14-6-8-20-18-16(14)7-9-21-18/h2-3,6-10,15,22H,4-5,11H2,1H3,(H,20,21)(H,23,24). The molecule has 3 aromatic rings. The van der Waals surface area contributed by atoms with E-state index in [1.807, 2.05) is 49.6 Å². The molecule has 0 spiro atoms. The first kappa shape index (κ1) is 14.8. The molecule has 122 valence electrons. The number of carbonyl (C=O) groups excluding carboxylic acids is 1. The number of nitrogens with zero attached hydrogens (tertiary/aromatic N) is 1. The van der Waals surface area contributed by atoms with Gasteiger partial charge >= 0.3 is 0 Å². The first-order valence-electron chi connectivity index (χ1n) is 8.27. The zero-order valence-electron chi connectivity index (χ0n) is 13.6. The summed E-state index contributed by atoms with van der Waals surface area (Å²) in [5.74, 6) is 0.0116. The molecule has 1 aliphatic rings. The highest BCUT2D eigenvalue weighted by Crippen LogP contribution is 2.22. The lowest BCUT2D eigenvalue weighted by Crippen LogP contribution is -2.25. The fourth-order valence-corrected chi connectivity index (χ4v) is 2.81. The predicted molar refractivity (Wildman–Crippen MR) is 95.1 cm³/mol. The van der Waals surface area contributed by atoms with Crippen molar-refractivity contribution in [2.75, 3.05) is 5.32 Å². The third-order valence-corrected chi connectivity index (χ3v) is 4.43. The molecule has 0 unspecified atom stereocenters. The summed E-state index contributed by atoms with van der Waals surface area (Å²) >= 11 is 0. The third-order valence-electron chi connectivity index (χ3n) is 4.43. The summed E-state index contributed by atoms with van der Waals surface area (Å²) in [5, 5.41) is 7.60. The Bertz CT molecular complexity index is 895. The molecule has 1 aromatic carbocycles. The van der Waals surface area contributed by atoms with Gasteiger partial charge in [-0.3, -0.25) is 4.79 Å². The Morgan fingerprint density at radius 3 is 3.00 bits per heavy atom. The van der Waals surface area contributed by atoms with E-state index in [0.29, 0.717) is 18.2 Å². The molecule has 0 radical (unpaired) electrons. The van der Waals surface area contributed by atoms with Gasteiger partial charge in [-0.1, -0.05) is 6.07 Å². The van der Waals surface area contributed by atoms with Crippen LogP contribution in [0.1, 0.15) is 34.3 Å². The summed E-state index contributed by atoms with van der Waals surface area (Å²) in [6, 6.07) is 10.2. The van der Waals surface area contributed by atoms with Gasteiger partial charge in [0.1, 0.15) is 5.65 Å². The number of amides is 1. The number of H-pyrrole nitrogens is 1. The van der Waals surface area contributed by atoms with Crippen molar-refractivity contribution in [3.63, 3.8) is 0 Å². The number of aromatic amines is 1. The highest BCUT2D eigenvalue weighted by molar-refractivity contribution is 5.95. The average molecular weight is 320 g/mol. The van der Waals surface area contributed by atoms with Crippen LogP contribution in [0, 0.1) is 6.92 Å². The van der Waals surface area contributed by atoms with Crippen molar-refractivity contribution in [3.05, 3.63) is 59.4 Å². The second-order valence-corrected chi connectivity index (χ2v) is 6.34. The SMILES string of the molecule is Cc1ccc(C(=O)NC2CC2)cc1NCc1ccnc2[nH]ccc12. The fraction of sp³-hybridized carbons (Fsp3) is 0.263. The fourth-order valence-electron chi connectivity index (χ4n) is 2.81. The summed E-state index contributed by atoms with van der Waals surface area (Å²) < 4.78 is 0. The Kier molecular flexibility index (Phi) is 3.69. The van der Waals surface area contributed by atoms with Crippen molar-refractivity contribution in [3.8, 4) is 0 Å². The van der Waals surface area contributed by atoms with E-state index in [1.54, 1.807) is 0 Å². The lowest BCUT2D eigenvalue weighted by atomic mass is 10.1. The Hall–Kier alpha value is -2.82. The number of aryl methyl sites for hydroxylation is 1. The summed E-state index contributed by atoms with van der Waals surface area (Å²) in [6.07, 6.45) is 5.90. The van der Waals surface area contributed by atoms with Crippen LogP contribution >= 0.6 is 0 Å². The number of fused-ring (bicyclic) bond motifs is 1. The lowest BCUT2D eigenvalue weighted by molar-refractivity contribution is 0.0951. The van der Waals surface area contributed by atoms with Crippen molar-refractivity contribution in [2.45, 2.75) is 32.4 Å². The molecule has 1 saturated carbocycles. The number of hydrogen-bond acceptors (Lipinski definition) is 3. The van der Waals surface area contributed by atoms with Gasteiger partial charge in [0.2, 0.25) is 0 Å². The lowest BCUT2D eigenvalue weighted by Gasteiger charge is -2.12. The van der Waals surface area contributed by atoms with E-state index in [2.05, 4.69) is 20.6 Å². The molecule has 1 aliphatic carbocycles. The molecule has 1 fully saturated rings. The van der Waals surface area contributed by atoms with E-state index >= 15 is 0 Å². The molecular formula is C19H20N4O. The number of nitrogens with one attached hydrogen (secondary N) is 3. The normalized spacial score (nSPS) is 13.9. The summed E-state index contributed by atoms with van der Waals surface area (Å²) in [7, 11) is 0. The number of aromatic nitrogens is 2. The molecule has 2 aromatic heterocycles. The van der Waals surface area contributed by atoms with Crippen molar-refractivity contribution in [1.82, 2.24) is 15.3 Å². The van der Waals surface area contributed by atoms with Crippen LogP contribution in [0.3, 0.4) is 0 Å². The Labute approximate surface area is 140 Å². The first-order chi connectivity index (χ1) is 11.7. The number of hydrogen-bond donors (Lipinski definition) is 3. The van der Waals surface area contributed by atoms with Crippen LogP contribution in [0.2, 0.25) is 0 Å². The molecular weight excluding hydrogens is 300 g/mol. The number of rotatable bonds is 5. The number of anilines is 1. The second kappa shape index (κ2) is 6.00. The van der Waals surface area contributed by atoms with Gasteiger partial charge in [0.25, 0.3) is 5.91 Å². The maximum absolute atomic E-state index is 12.2. The zero-order valence-corrected chi connectivity index (χ0v) is 13.6. The molecule has 5 heteroatoms. The van der Waals surface area contributed by atoms with E-state index < -0.39 is 0 Å². The van der Waals surface area contributed by atoms with Gasteiger partial charge in [-0.15, -0.1) is 0 Å². The van der Waals surface area contributed by atoms with Crippen LogP contribution in [0.25, 0.3) is 11.0 Å². The molecule has 4 rings (SSSR count). The van der Waals surface area contributed by atoms with Gasteiger partial charge in [-0.05, 0) is 55.2 Å². The van der Waals surface area contributed by atoms with Gasteiger partial charge < -0.3 is 15.6 Å². The molecule has 2 heterocycles. The van der Waals surface area contributed by atoms with Gasteiger partial charge in [0.15, 0.2) is 0 Å². The van der Waals surface area contributed by atoms with Crippen LogP contribution in [0.5, 0.6) is 0 Å². The maximum atomic E-state index is 12.2. The molecule has 0 saturated heterocycles. The monoisotopic (exact) mass is 320 g/mol. The Morgan fingerprint density at radius 2 is 2.17 bits per heavy atom. The minimum atomic E-state index is 0.0116. The van der Waals surface area contributed by atoms with Gasteiger partial charge in [-0.25, -0.2) is 4.98 Å². The molecule has 24 heavy (non-hydrogen) atoms. The average Bonchev–Trinajstić information content (AvgIpc) is 3.26. The molecule has 3 N–H and O–H groups in total. The summed E-state index contributed by atoms with van der Waals surface area (Å²) in [6.45, 7) is 2.73. The van der Waals surface area contributed by atoms with Crippen molar-refractivity contribution in [1.29, 1.82) is 0 Å². The summed E-state index contributed by atoms with van der Waals surface area (Å²) in [5.41, 5.74) is 4.88. The maximum Gasteiger partial charge on any atom is 0.251 e. The molecule has 5 nitrogen and oxygen atoms in total. The van der Waals surface area contributed by atoms with Crippen molar-refractivity contribution < 1.29 is 4.79 Å². The van der Waals surface area contributed by atoms with E-state index in [1.165, 1.54) is 5.56 Å². The van der Waals surface area contributed by atoms with Crippen molar-refractivity contribution in [2.24, 2.45) is 0 Å². The molecule has 1 amide bonds. The minimum absolute atomic E-state index is 0.0116. The van der Waals surface area contributed by atoms with Crippen LogP contribution in [-0.4, -0.2) is 21.9 Å². The van der Waals surface area contributed by atoms with Crippen LogP contribution in [0.4, 0.5) is 5.69 Å². The highest BCUT2D eigenvalue weighted by atomic mass is 16.1. The van der Waals surface area contributed by atoms with Gasteiger partial charge in [0.05, 0.1) is 0 Å². The van der Waals surface area contributed by atoms with Crippen molar-refractivity contribution >= 4 is 22.6 Å². The first-order valence-corrected chi connectivity index (χ1v) is 8.27. The van der Waals surface area contributed by atoms with E-state index in [-0.39, 0.29) is 5.91 Å². The van der Waals surface area contributed by atoms with Crippen LogP contribution < -0.4 is 10.6 Å². The smallest absolute Gasteiger partial charge is 0.251 e. The van der Waals surface area contributed by atoms with E-state index in [9.17, 15) is 4.79 Å². The van der Waals surface area contributed by atoms with Gasteiger partial charge in [-0.2, -0.15) is 0 Å². The third kappa shape index (κ3) is 2.97. The quantitative estimate of drug-likeness (QED) is 0.675. The minimum Gasteiger partial charge on any atom is -0.381 e. The topological polar surface area (TPSA) is 69.8 Å². The predicted octanol–water partition coefficient (Wildman–Crippen LogP) is 3.38.